The zero-order valence-corrected chi connectivity index (χ0v) is 11.5. The SMILES string of the molecule is CC(C)OC(=O)C(C)C.Nc1ncnc2nc[nH]c12. The molecule has 0 unspecified atom stereocenters. The number of nitrogens with two attached hydrogens (primary N) is 1. The van der Waals surface area contributed by atoms with Crippen molar-refractivity contribution in [3.63, 3.8) is 0 Å². The maximum atomic E-state index is 10.7. The number of H-pyrrole nitrogens is 1. The quantitative estimate of drug-likeness (QED) is 0.797. The van der Waals surface area contributed by atoms with E-state index in [9.17, 15) is 4.79 Å². The number of anilines is 1. The van der Waals surface area contributed by atoms with Gasteiger partial charge in [-0.05, 0) is 13.8 Å². The van der Waals surface area contributed by atoms with Gasteiger partial charge in [0.25, 0.3) is 0 Å². The van der Waals surface area contributed by atoms with E-state index in [0.717, 1.165) is 0 Å². The molecule has 2 aromatic heterocycles. The highest BCUT2D eigenvalue weighted by atomic mass is 16.5. The van der Waals surface area contributed by atoms with Crippen molar-refractivity contribution in [2.75, 3.05) is 5.73 Å². The number of carbonyl (C=O) groups excluding carboxylic acids is 1. The highest BCUT2D eigenvalue weighted by Crippen LogP contribution is 2.09. The number of imidazole rings is 1. The number of fused-ring (bicyclic) bond motifs is 1. The fraction of sp³-hybridized carbons (Fsp3) is 0.500. The molecule has 0 saturated heterocycles. The molecule has 7 heteroatoms. The fourth-order valence-electron chi connectivity index (χ4n) is 1.15. The van der Waals surface area contributed by atoms with Crippen LogP contribution in [0.25, 0.3) is 11.2 Å². The third kappa shape index (κ3) is 4.53. The van der Waals surface area contributed by atoms with Crippen molar-refractivity contribution in [1.82, 2.24) is 19.9 Å². The Morgan fingerprint density at radius 3 is 2.42 bits per heavy atom. The molecule has 3 N–H and O–H groups in total. The van der Waals surface area contributed by atoms with Crippen LogP contribution < -0.4 is 5.73 Å². The molecule has 0 spiro atoms. The van der Waals surface area contributed by atoms with Gasteiger partial charge in [0.15, 0.2) is 11.5 Å². The Morgan fingerprint density at radius 1 is 1.26 bits per heavy atom. The van der Waals surface area contributed by atoms with Crippen LogP contribution in [-0.2, 0) is 9.53 Å². The lowest BCUT2D eigenvalue weighted by molar-refractivity contribution is -0.151. The van der Waals surface area contributed by atoms with Crippen molar-refractivity contribution in [3.05, 3.63) is 12.7 Å². The van der Waals surface area contributed by atoms with E-state index in [1.807, 2.05) is 27.7 Å². The Bertz CT molecular complexity index is 536. The van der Waals surface area contributed by atoms with Crippen molar-refractivity contribution < 1.29 is 9.53 Å². The number of esters is 1. The van der Waals surface area contributed by atoms with Gasteiger partial charge in [0.2, 0.25) is 0 Å². The molecule has 0 aliphatic carbocycles. The number of hydrogen-bond donors (Lipinski definition) is 2. The van der Waals surface area contributed by atoms with E-state index < -0.39 is 0 Å². The molecule has 0 fully saturated rings. The van der Waals surface area contributed by atoms with Crippen LogP contribution in [0.5, 0.6) is 0 Å². The molecule has 0 aliphatic rings. The first-order chi connectivity index (χ1) is 8.91. The number of ether oxygens (including phenoxy) is 1. The van der Waals surface area contributed by atoms with E-state index >= 15 is 0 Å². The van der Waals surface area contributed by atoms with E-state index in [2.05, 4.69) is 19.9 Å². The molecule has 0 bridgehead atoms. The lowest BCUT2D eigenvalue weighted by Gasteiger charge is -2.08. The maximum Gasteiger partial charge on any atom is 0.308 e. The lowest BCUT2D eigenvalue weighted by Crippen LogP contribution is -2.16. The summed E-state index contributed by atoms with van der Waals surface area (Å²) in [5.41, 5.74) is 6.78. The minimum atomic E-state index is -0.120. The van der Waals surface area contributed by atoms with Crippen LogP contribution in [0.15, 0.2) is 12.7 Å². The van der Waals surface area contributed by atoms with E-state index in [4.69, 9.17) is 10.5 Å². The van der Waals surface area contributed by atoms with E-state index in [1.165, 1.54) is 12.7 Å². The third-order valence-electron chi connectivity index (χ3n) is 2.08. The Kier molecular flexibility index (Phi) is 5.23. The first-order valence-electron chi connectivity index (χ1n) is 6.01. The summed E-state index contributed by atoms with van der Waals surface area (Å²) in [6.07, 6.45) is 2.94. The molecule has 0 amide bonds. The molecule has 19 heavy (non-hydrogen) atoms. The van der Waals surface area contributed by atoms with Crippen molar-refractivity contribution in [3.8, 4) is 0 Å². The van der Waals surface area contributed by atoms with Gasteiger partial charge in [-0.1, -0.05) is 13.8 Å². The first kappa shape index (κ1) is 14.9. The summed E-state index contributed by atoms with van der Waals surface area (Å²) >= 11 is 0. The molecular formula is C12H19N5O2. The predicted molar refractivity (Wildman–Crippen MR) is 72.2 cm³/mol. The van der Waals surface area contributed by atoms with Crippen LogP contribution in [0.1, 0.15) is 27.7 Å². The van der Waals surface area contributed by atoms with Crippen molar-refractivity contribution in [1.29, 1.82) is 0 Å². The highest BCUT2D eigenvalue weighted by Gasteiger charge is 2.08. The van der Waals surface area contributed by atoms with Crippen LogP contribution >= 0.6 is 0 Å². The third-order valence-corrected chi connectivity index (χ3v) is 2.08. The van der Waals surface area contributed by atoms with Gasteiger partial charge in [-0.3, -0.25) is 4.79 Å². The number of nitrogen functional groups attached to an aromatic ring is 1. The second-order valence-electron chi connectivity index (χ2n) is 4.50. The van der Waals surface area contributed by atoms with Crippen LogP contribution in [0.2, 0.25) is 0 Å². The summed E-state index contributed by atoms with van der Waals surface area (Å²) in [6, 6.07) is 0. The normalized spacial score (nSPS) is 10.4. The van der Waals surface area contributed by atoms with Crippen molar-refractivity contribution in [2.45, 2.75) is 33.8 Å². The minimum Gasteiger partial charge on any atom is -0.463 e. The number of rotatable bonds is 2. The van der Waals surface area contributed by atoms with Crippen molar-refractivity contribution >= 4 is 23.0 Å². The summed E-state index contributed by atoms with van der Waals surface area (Å²) in [6.45, 7) is 7.34. The summed E-state index contributed by atoms with van der Waals surface area (Å²) < 4.78 is 4.87. The van der Waals surface area contributed by atoms with Crippen LogP contribution in [0.4, 0.5) is 5.82 Å². The molecule has 0 saturated carbocycles. The monoisotopic (exact) mass is 265 g/mol. The van der Waals surface area contributed by atoms with Gasteiger partial charge in [-0.25, -0.2) is 15.0 Å². The Labute approximate surface area is 111 Å². The Balaban J connectivity index is 0.000000192. The number of carbonyl (C=O) groups is 1. The number of nitrogens with one attached hydrogen (secondary N) is 1. The van der Waals surface area contributed by atoms with Gasteiger partial charge in [0, 0.05) is 0 Å². The van der Waals surface area contributed by atoms with Crippen LogP contribution in [0.3, 0.4) is 0 Å². The summed E-state index contributed by atoms with van der Waals surface area (Å²) in [7, 11) is 0. The van der Waals surface area contributed by atoms with Gasteiger partial charge in [0.1, 0.15) is 11.8 Å². The molecule has 2 aromatic rings. The second kappa shape index (κ2) is 6.67. The predicted octanol–water partition coefficient (Wildman–Crippen LogP) is 1.53. The second-order valence-corrected chi connectivity index (χ2v) is 4.50. The molecule has 0 radical (unpaired) electrons. The molecule has 2 heterocycles. The maximum absolute atomic E-state index is 10.7. The number of aromatic nitrogens is 4. The largest absolute Gasteiger partial charge is 0.463 e. The molecule has 7 nitrogen and oxygen atoms in total. The fourth-order valence-corrected chi connectivity index (χ4v) is 1.15. The number of hydrogen-bond acceptors (Lipinski definition) is 6. The molecule has 104 valence electrons. The highest BCUT2D eigenvalue weighted by molar-refractivity contribution is 5.80. The minimum absolute atomic E-state index is 0.00704. The topological polar surface area (TPSA) is 107 Å². The Hall–Kier alpha value is -2.18. The van der Waals surface area contributed by atoms with Gasteiger partial charge in [0.05, 0.1) is 18.3 Å². The van der Waals surface area contributed by atoms with E-state index in [-0.39, 0.29) is 18.0 Å². The zero-order valence-electron chi connectivity index (χ0n) is 11.5. The van der Waals surface area contributed by atoms with E-state index in [1.54, 1.807) is 0 Å². The van der Waals surface area contributed by atoms with Gasteiger partial charge < -0.3 is 15.5 Å². The molecule has 0 aromatic carbocycles. The number of aromatic amines is 1. The summed E-state index contributed by atoms with van der Waals surface area (Å²) in [5, 5.41) is 0. The van der Waals surface area contributed by atoms with E-state index in [0.29, 0.717) is 17.0 Å². The van der Waals surface area contributed by atoms with Gasteiger partial charge in [-0.15, -0.1) is 0 Å². The van der Waals surface area contributed by atoms with Crippen LogP contribution in [-0.4, -0.2) is 32.0 Å². The number of nitrogens with zero attached hydrogens (tertiary/aromatic N) is 3. The summed E-state index contributed by atoms with van der Waals surface area (Å²) in [4.78, 5) is 25.1. The average molecular weight is 265 g/mol. The average Bonchev–Trinajstić information content (AvgIpc) is 2.78. The smallest absolute Gasteiger partial charge is 0.308 e. The van der Waals surface area contributed by atoms with Crippen LogP contribution in [0, 0.1) is 5.92 Å². The van der Waals surface area contributed by atoms with Gasteiger partial charge in [-0.2, -0.15) is 0 Å². The molecule has 0 atom stereocenters. The standard InChI is InChI=1S/C7H14O2.C5H5N5/c1-5(2)7(8)9-6(3)4;6-4-3-5(9-1-7-3)10-2-8-4/h5-6H,1-4H3;1-2H,(H3,6,7,8,9,10). The summed E-state index contributed by atoms with van der Waals surface area (Å²) in [5.74, 6) is 0.305. The van der Waals surface area contributed by atoms with Crippen molar-refractivity contribution in [2.24, 2.45) is 5.92 Å². The zero-order chi connectivity index (χ0) is 14.4. The molecular weight excluding hydrogens is 246 g/mol. The first-order valence-corrected chi connectivity index (χ1v) is 6.01. The molecule has 2 rings (SSSR count). The molecule has 0 aliphatic heterocycles. The lowest BCUT2D eigenvalue weighted by atomic mass is 10.2. The van der Waals surface area contributed by atoms with Gasteiger partial charge >= 0.3 is 5.97 Å². The Morgan fingerprint density at radius 2 is 1.95 bits per heavy atom.